The minimum Gasteiger partial charge on any atom is -0.379 e. The molecule has 0 aliphatic carbocycles. The summed E-state index contributed by atoms with van der Waals surface area (Å²) < 4.78 is 5.55. The third-order valence-electron chi connectivity index (χ3n) is 4.12. The van der Waals surface area contributed by atoms with Gasteiger partial charge < -0.3 is 4.74 Å². The Morgan fingerprint density at radius 3 is 2.42 bits per heavy atom. The van der Waals surface area contributed by atoms with E-state index in [1.165, 1.54) is 18.4 Å². The molecule has 19 heavy (non-hydrogen) atoms. The topological polar surface area (TPSA) is 9.23 Å². The average Bonchev–Trinajstić information content (AvgIpc) is 2.36. The van der Waals surface area contributed by atoms with Crippen LogP contribution in [0.2, 0.25) is 0 Å². The van der Waals surface area contributed by atoms with Gasteiger partial charge >= 0.3 is 0 Å². The van der Waals surface area contributed by atoms with E-state index in [1.807, 2.05) is 7.11 Å². The van der Waals surface area contributed by atoms with E-state index in [0.29, 0.717) is 5.92 Å². The summed E-state index contributed by atoms with van der Waals surface area (Å²) in [5.41, 5.74) is 1.32. The fourth-order valence-corrected chi connectivity index (χ4v) is 2.39. The molecule has 112 valence electrons. The number of halogens is 1. The van der Waals surface area contributed by atoms with Crippen LogP contribution in [0.3, 0.4) is 0 Å². The zero-order valence-corrected chi connectivity index (χ0v) is 15.1. The van der Waals surface area contributed by atoms with Gasteiger partial charge in [-0.25, -0.2) is 0 Å². The lowest BCUT2D eigenvalue weighted by molar-refractivity contribution is -0.0259. The van der Waals surface area contributed by atoms with Gasteiger partial charge in [-0.3, -0.25) is 0 Å². The molecule has 0 saturated heterocycles. The number of methoxy groups -OCH3 is 1. The van der Waals surface area contributed by atoms with Crippen LogP contribution < -0.4 is 0 Å². The second-order valence-corrected chi connectivity index (χ2v) is 6.78. The van der Waals surface area contributed by atoms with Crippen molar-refractivity contribution < 1.29 is 4.74 Å². The Kier molecular flexibility index (Phi) is 9.72. The monoisotopic (exact) mass is 330 g/mol. The first-order valence-electron chi connectivity index (χ1n) is 7.27. The second-order valence-electron chi connectivity index (χ2n) is 6.13. The van der Waals surface area contributed by atoms with Crippen LogP contribution in [-0.4, -0.2) is 18.0 Å². The first-order chi connectivity index (χ1) is 8.83. The number of allylic oxidation sites excluding steroid dienone is 4. The molecular formula is C17H31BrO. The van der Waals surface area contributed by atoms with E-state index in [9.17, 15) is 0 Å². The lowest BCUT2D eigenvalue weighted by Crippen LogP contribution is -2.31. The van der Waals surface area contributed by atoms with Gasteiger partial charge in [0.2, 0.25) is 0 Å². The summed E-state index contributed by atoms with van der Waals surface area (Å²) in [6, 6.07) is 0. The molecule has 0 aromatic rings. The van der Waals surface area contributed by atoms with E-state index in [-0.39, 0.29) is 5.60 Å². The summed E-state index contributed by atoms with van der Waals surface area (Å²) in [5, 5.41) is 0.933. The van der Waals surface area contributed by atoms with Crippen LogP contribution in [0, 0.1) is 11.8 Å². The molecule has 0 spiro atoms. The van der Waals surface area contributed by atoms with E-state index < -0.39 is 0 Å². The predicted molar refractivity (Wildman–Crippen MR) is 90.0 cm³/mol. The van der Waals surface area contributed by atoms with Gasteiger partial charge in [0.15, 0.2) is 0 Å². The zero-order valence-electron chi connectivity index (χ0n) is 13.5. The molecule has 0 aliphatic rings. The van der Waals surface area contributed by atoms with Gasteiger partial charge in [-0.2, -0.15) is 0 Å². The van der Waals surface area contributed by atoms with Gasteiger partial charge in [0.1, 0.15) is 0 Å². The van der Waals surface area contributed by atoms with Crippen molar-refractivity contribution >= 4 is 15.9 Å². The lowest BCUT2D eigenvalue weighted by atomic mass is 9.85. The number of hydrogen-bond donors (Lipinski definition) is 0. The van der Waals surface area contributed by atoms with Gasteiger partial charge in [0.05, 0.1) is 5.60 Å². The zero-order chi connectivity index (χ0) is 14.9. The van der Waals surface area contributed by atoms with Crippen molar-refractivity contribution in [1.82, 2.24) is 0 Å². The summed E-state index contributed by atoms with van der Waals surface area (Å²) >= 11 is 3.41. The maximum atomic E-state index is 5.55. The van der Waals surface area contributed by atoms with E-state index in [2.05, 4.69) is 68.8 Å². The van der Waals surface area contributed by atoms with Crippen LogP contribution in [0.5, 0.6) is 0 Å². The summed E-state index contributed by atoms with van der Waals surface area (Å²) in [5.74, 6) is 1.34. The molecule has 2 unspecified atom stereocenters. The summed E-state index contributed by atoms with van der Waals surface area (Å²) in [7, 11) is 1.81. The normalized spacial score (nSPS) is 16.9. The first-order valence-corrected chi connectivity index (χ1v) is 8.40. The summed E-state index contributed by atoms with van der Waals surface area (Å²) in [6.07, 6.45) is 10.4. The van der Waals surface area contributed by atoms with E-state index in [0.717, 1.165) is 17.7 Å². The number of ether oxygens (including phenoxy) is 1. The van der Waals surface area contributed by atoms with E-state index in [1.54, 1.807) is 0 Å². The maximum Gasteiger partial charge on any atom is 0.0648 e. The fourth-order valence-electron chi connectivity index (χ4n) is 1.88. The molecule has 0 saturated carbocycles. The standard InChI is InChI=1S/C17H31BrO/c1-14(8-7-9-15(2)12-13-18)10-11-16(3)17(4,5)19-6/h7,9,12,14,16H,8,10-11,13H2,1-6H3. The molecule has 0 radical (unpaired) electrons. The Bertz CT molecular complexity index is 292. The molecule has 0 aromatic carbocycles. The van der Waals surface area contributed by atoms with Crippen LogP contribution in [0.1, 0.15) is 53.9 Å². The van der Waals surface area contributed by atoms with Crippen molar-refractivity contribution in [3.05, 3.63) is 23.8 Å². The van der Waals surface area contributed by atoms with E-state index >= 15 is 0 Å². The van der Waals surface area contributed by atoms with Gasteiger partial charge in [-0.05, 0) is 45.4 Å². The number of hydrogen-bond acceptors (Lipinski definition) is 1. The Morgan fingerprint density at radius 2 is 1.89 bits per heavy atom. The quantitative estimate of drug-likeness (QED) is 0.386. The molecule has 0 fully saturated rings. The third kappa shape index (κ3) is 8.65. The maximum absolute atomic E-state index is 5.55. The van der Waals surface area contributed by atoms with Crippen molar-refractivity contribution in [1.29, 1.82) is 0 Å². The lowest BCUT2D eigenvalue weighted by Gasteiger charge is -2.31. The first kappa shape index (κ1) is 18.9. The van der Waals surface area contributed by atoms with Gasteiger partial charge in [0.25, 0.3) is 0 Å². The number of rotatable bonds is 9. The predicted octanol–water partition coefficient (Wildman–Crippen LogP) is 5.75. The highest BCUT2D eigenvalue weighted by Crippen LogP contribution is 2.26. The average molecular weight is 331 g/mol. The van der Waals surface area contributed by atoms with Crippen LogP contribution in [-0.2, 0) is 4.74 Å². The molecule has 0 aliphatic heterocycles. The Morgan fingerprint density at radius 1 is 1.26 bits per heavy atom. The highest BCUT2D eigenvalue weighted by molar-refractivity contribution is 9.09. The van der Waals surface area contributed by atoms with Crippen LogP contribution in [0.4, 0.5) is 0 Å². The minimum absolute atomic E-state index is 0.00917. The fraction of sp³-hybridized carbons (Fsp3) is 0.765. The van der Waals surface area contributed by atoms with Crippen LogP contribution in [0.25, 0.3) is 0 Å². The second kappa shape index (κ2) is 9.77. The highest BCUT2D eigenvalue weighted by atomic mass is 79.9. The Hall–Kier alpha value is -0.0800. The van der Waals surface area contributed by atoms with Crippen LogP contribution >= 0.6 is 15.9 Å². The Balaban J connectivity index is 4.00. The molecule has 0 heterocycles. The largest absolute Gasteiger partial charge is 0.379 e. The summed E-state index contributed by atoms with van der Waals surface area (Å²) in [4.78, 5) is 0. The molecule has 1 nitrogen and oxygen atoms in total. The molecule has 0 amide bonds. The van der Waals surface area contributed by atoms with Crippen molar-refractivity contribution in [3.63, 3.8) is 0 Å². The summed E-state index contributed by atoms with van der Waals surface area (Å²) in [6.45, 7) is 11.1. The molecule has 2 heteroatoms. The number of alkyl halides is 1. The third-order valence-corrected chi connectivity index (χ3v) is 4.45. The van der Waals surface area contributed by atoms with Gasteiger partial charge in [-0.1, -0.05) is 60.0 Å². The Labute approximate surface area is 128 Å². The molecular weight excluding hydrogens is 300 g/mol. The van der Waals surface area contributed by atoms with Crippen molar-refractivity contribution in [3.8, 4) is 0 Å². The smallest absolute Gasteiger partial charge is 0.0648 e. The van der Waals surface area contributed by atoms with Gasteiger partial charge in [-0.15, -0.1) is 0 Å². The molecule has 0 N–H and O–H groups in total. The molecule has 0 bridgehead atoms. The SMILES string of the molecule is COC(C)(C)C(C)CCC(C)CC=CC(C)=CCBr. The molecule has 0 aromatic heterocycles. The highest BCUT2D eigenvalue weighted by Gasteiger charge is 2.24. The van der Waals surface area contributed by atoms with Crippen molar-refractivity contribution in [2.45, 2.75) is 59.5 Å². The van der Waals surface area contributed by atoms with Crippen molar-refractivity contribution in [2.24, 2.45) is 11.8 Å². The molecule has 2 atom stereocenters. The van der Waals surface area contributed by atoms with E-state index in [4.69, 9.17) is 4.74 Å². The van der Waals surface area contributed by atoms with Crippen molar-refractivity contribution in [2.75, 3.05) is 12.4 Å². The van der Waals surface area contributed by atoms with Crippen LogP contribution in [0.15, 0.2) is 23.8 Å². The van der Waals surface area contributed by atoms with Gasteiger partial charge in [0, 0.05) is 12.4 Å². The minimum atomic E-state index is -0.00917. The molecule has 0 rings (SSSR count).